The molecule has 0 radical (unpaired) electrons. The molecule has 4 aromatic heterocycles. The lowest BCUT2D eigenvalue weighted by molar-refractivity contribution is 0.669. The summed E-state index contributed by atoms with van der Waals surface area (Å²) in [4.78, 5) is 16.0. The summed E-state index contributed by atoms with van der Waals surface area (Å²) in [6.07, 6.45) is 0. The van der Waals surface area contributed by atoms with Gasteiger partial charge in [-0.05, 0) is 86.4 Å². The lowest BCUT2D eigenvalue weighted by Gasteiger charge is -2.17. The van der Waals surface area contributed by atoms with E-state index < -0.39 is 0 Å². The van der Waals surface area contributed by atoms with Gasteiger partial charge in [0.25, 0.3) is 0 Å². The Kier molecular flexibility index (Phi) is 7.97. The number of hydrogen-bond acceptors (Lipinski definition) is 4. The minimum Gasteiger partial charge on any atom is -0.456 e. The Balaban J connectivity index is 1.03. The number of furan rings is 1. The van der Waals surface area contributed by atoms with Gasteiger partial charge >= 0.3 is 0 Å². The number of para-hydroxylation sites is 4. The Morgan fingerprint density at radius 2 is 0.768 bits per heavy atom. The Morgan fingerprint density at radius 3 is 1.48 bits per heavy atom. The van der Waals surface area contributed by atoms with Crippen LogP contribution in [0.5, 0.6) is 0 Å². The third-order valence-electron chi connectivity index (χ3n) is 14.2. The Morgan fingerprint density at radius 1 is 0.290 bits per heavy atom. The summed E-state index contributed by atoms with van der Waals surface area (Å²) in [5, 5.41) is 14.1. The molecule has 0 unspecified atom stereocenters. The second-order valence-electron chi connectivity index (χ2n) is 17.9. The molecule has 4 heterocycles. The number of benzene rings is 11. The van der Waals surface area contributed by atoms with Crippen molar-refractivity contribution >= 4 is 97.9 Å². The van der Waals surface area contributed by atoms with E-state index in [2.05, 4.69) is 191 Å². The van der Waals surface area contributed by atoms with Gasteiger partial charge in [-0.25, -0.2) is 4.98 Å². The Hall–Kier alpha value is -9.39. The zero-order chi connectivity index (χ0) is 45.2. The predicted molar refractivity (Wildman–Crippen MR) is 285 cm³/mol. The van der Waals surface area contributed by atoms with Gasteiger partial charge in [-0.3, -0.25) is 4.57 Å². The van der Waals surface area contributed by atoms with Crippen molar-refractivity contribution in [3.05, 3.63) is 224 Å². The smallest absolute Gasteiger partial charge is 0.238 e. The fourth-order valence-electron chi connectivity index (χ4n) is 11.1. The highest BCUT2D eigenvalue weighted by Crippen LogP contribution is 2.44. The van der Waals surface area contributed by atoms with Crippen LogP contribution in [0.25, 0.3) is 143 Å². The maximum absolute atomic E-state index is 6.26. The summed E-state index contributed by atoms with van der Waals surface area (Å²) >= 11 is 0. The average Bonchev–Trinajstić information content (AvgIpc) is 4.09. The van der Waals surface area contributed by atoms with Gasteiger partial charge in [-0.1, -0.05) is 176 Å². The molecule has 69 heavy (non-hydrogen) atoms. The van der Waals surface area contributed by atoms with Crippen molar-refractivity contribution in [3.8, 4) is 45.5 Å². The van der Waals surface area contributed by atoms with Crippen LogP contribution in [0.15, 0.2) is 229 Å². The van der Waals surface area contributed by atoms with Gasteiger partial charge in [0.15, 0.2) is 11.6 Å². The first-order valence-corrected chi connectivity index (χ1v) is 23.4. The molecule has 11 aromatic carbocycles. The molecular formula is C63H37N5O. The van der Waals surface area contributed by atoms with Crippen LogP contribution in [0.4, 0.5) is 0 Å². The summed E-state index contributed by atoms with van der Waals surface area (Å²) in [5.74, 6) is 1.70. The van der Waals surface area contributed by atoms with E-state index in [1.807, 2.05) is 42.5 Å². The molecule has 0 spiro atoms. The molecule has 320 valence electrons. The van der Waals surface area contributed by atoms with Crippen molar-refractivity contribution in [2.45, 2.75) is 0 Å². The van der Waals surface area contributed by atoms with E-state index in [1.165, 1.54) is 37.7 Å². The zero-order valence-electron chi connectivity index (χ0n) is 37.0. The SMILES string of the molecule is c1ccc(-c2nc(-c3ccc4oc5ccccc5c4c3)nc(-n3c4ccccc4c4ccc5c6ccccc6n(-c6ccccc6-c6ccc7c8ccccc8c8ccccc8c7c6)c5c43)n2)cc1. The van der Waals surface area contributed by atoms with Gasteiger partial charge in [0.1, 0.15) is 11.2 Å². The van der Waals surface area contributed by atoms with Gasteiger partial charge < -0.3 is 8.98 Å². The lowest BCUT2D eigenvalue weighted by Crippen LogP contribution is -2.07. The summed E-state index contributed by atoms with van der Waals surface area (Å²) in [7, 11) is 0. The minimum absolute atomic E-state index is 0.536. The summed E-state index contributed by atoms with van der Waals surface area (Å²) in [5.41, 5.74) is 11.0. The van der Waals surface area contributed by atoms with E-state index >= 15 is 0 Å². The number of hydrogen-bond donors (Lipinski definition) is 0. The maximum Gasteiger partial charge on any atom is 0.238 e. The van der Waals surface area contributed by atoms with Crippen molar-refractivity contribution in [1.29, 1.82) is 0 Å². The van der Waals surface area contributed by atoms with E-state index in [-0.39, 0.29) is 0 Å². The first-order valence-electron chi connectivity index (χ1n) is 23.4. The average molecular weight is 880 g/mol. The molecule has 0 atom stereocenters. The normalized spacial score (nSPS) is 12.1. The molecule has 0 bridgehead atoms. The second kappa shape index (κ2) is 14.6. The molecular weight excluding hydrogens is 843 g/mol. The number of rotatable bonds is 5. The van der Waals surface area contributed by atoms with Crippen LogP contribution in [-0.4, -0.2) is 24.1 Å². The van der Waals surface area contributed by atoms with Gasteiger partial charge in [-0.15, -0.1) is 0 Å². The molecule has 6 nitrogen and oxygen atoms in total. The van der Waals surface area contributed by atoms with E-state index in [4.69, 9.17) is 19.4 Å². The van der Waals surface area contributed by atoms with Crippen LogP contribution >= 0.6 is 0 Å². The maximum atomic E-state index is 6.26. The quantitative estimate of drug-likeness (QED) is 0.162. The number of nitrogens with zero attached hydrogens (tertiary/aromatic N) is 5. The highest BCUT2D eigenvalue weighted by Gasteiger charge is 2.25. The molecule has 15 rings (SSSR count). The first-order chi connectivity index (χ1) is 34.2. The van der Waals surface area contributed by atoms with Gasteiger partial charge in [-0.2, -0.15) is 9.97 Å². The number of aromatic nitrogens is 5. The van der Waals surface area contributed by atoms with Crippen LogP contribution in [0.3, 0.4) is 0 Å². The first kappa shape index (κ1) is 37.8. The van der Waals surface area contributed by atoms with Crippen molar-refractivity contribution in [2.24, 2.45) is 0 Å². The van der Waals surface area contributed by atoms with Crippen molar-refractivity contribution in [3.63, 3.8) is 0 Å². The highest BCUT2D eigenvalue weighted by atomic mass is 16.3. The summed E-state index contributed by atoms with van der Waals surface area (Å²) in [6.45, 7) is 0. The van der Waals surface area contributed by atoms with Crippen LogP contribution < -0.4 is 0 Å². The van der Waals surface area contributed by atoms with Crippen LogP contribution in [0.2, 0.25) is 0 Å². The van der Waals surface area contributed by atoms with Gasteiger partial charge in [0, 0.05) is 49.0 Å². The largest absolute Gasteiger partial charge is 0.456 e. The fraction of sp³-hybridized carbons (Fsp3) is 0. The second-order valence-corrected chi connectivity index (χ2v) is 17.9. The standard InChI is InChI=1S/C63H37N5O/c1-2-16-38(17-3-1)61-64-62(40-31-35-58-53(37-40)49-25-11-15-29-57(49)69-58)66-63(65-61)68-56-28-14-10-24-48(56)51-34-33-50-47-23-9-13-27-55(47)67(59(50)60(51)68)54-26-12-8-18-41(54)39-30-32-46-44-21-5-4-19-42(44)43-20-6-7-22-45(43)52(46)36-39/h1-37H. The molecule has 0 aliphatic rings. The van der Waals surface area contributed by atoms with Gasteiger partial charge in [0.05, 0.1) is 27.8 Å². The Labute approximate surface area is 394 Å². The molecule has 0 saturated carbocycles. The van der Waals surface area contributed by atoms with Crippen LogP contribution in [-0.2, 0) is 0 Å². The van der Waals surface area contributed by atoms with E-state index in [0.717, 1.165) is 88.1 Å². The topological polar surface area (TPSA) is 61.7 Å². The molecule has 15 aromatic rings. The fourth-order valence-corrected chi connectivity index (χ4v) is 11.1. The van der Waals surface area contributed by atoms with E-state index in [1.54, 1.807) is 0 Å². The third kappa shape index (κ3) is 5.57. The zero-order valence-corrected chi connectivity index (χ0v) is 37.0. The predicted octanol–water partition coefficient (Wildman–Crippen LogP) is 16.4. The van der Waals surface area contributed by atoms with Crippen LogP contribution in [0.1, 0.15) is 0 Å². The number of fused-ring (bicyclic) bond motifs is 16. The van der Waals surface area contributed by atoms with Crippen molar-refractivity contribution in [2.75, 3.05) is 0 Å². The monoisotopic (exact) mass is 879 g/mol. The molecule has 0 saturated heterocycles. The highest BCUT2D eigenvalue weighted by molar-refractivity contribution is 6.26. The minimum atomic E-state index is 0.536. The molecule has 0 fully saturated rings. The van der Waals surface area contributed by atoms with E-state index in [0.29, 0.717) is 17.6 Å². The molecule has 0 amide bonds. The molecule has 0 aliphatic carbocycles. The Bertz CT molecular complexity index is 4580. The lowest BCUT2D eigenvalue weighted by atomic mass is 9.92. The van der Waals surface area contributed by atoms with Crippen LogP contribution in [0, 0.1) is 0 Å². The van der Waals surface area contributed by atoms with Gasteiger partial charge in [0.2, 0.25) is 5.95 Å². The molecule has 6 heteroatoms. The van der Waals surface area contributed by atoms with Crippen molar-refractivity contribution < 1.29 is 4.42 Å². The van der Waals surface area contributed by atoms with E-state index in [9.17, 15) is 0 Å². The summed E-state index contributed by atoms with van der Waals surface area (Å²) < 4.78 is 11.0. The third-order valence-corrected chi connectivity index (χ3v) is 14.2. The summed E-state index contributed by atoms with van der Waals surface area (Å²) in [6, 6.07) is 79.9. The van der Waals surface area contributed by atoms with Crippen molar-refractivity contribution in [1.82, 2.24) is 24.1 Å². The molecule has 0 N–H and O–H groups in total. The molecule has 0 aliphatic heterocycles.